The van der Waals surface area contributed by atoms with Crippen LogP contribution in [0.1, 0.15) is 5.56 Å². The van der Waals surface area contributed by atoms with Crippen LogP contribution in [-0.4, -0.2) is 21.2 Å². The van der Waals surface area contributed by atoms with Gasteiger partial charge in [-0.15, -0.1) is 11.3 Å². The summed E-state index contributed by atoms with van der Waals surface area (Å²) in [5.74, 6) is -2.71. The largest absolute Gasteiger partial charge is 0.323 e. The van der Waals surface area contributed by atoms with E-state index in [0.717, 1.165) is 23.9 Å². The van der Waals surface area contributed by atoms with E-state index in [0.29, 0.717) is 27.0 Å². The first-order valence-corrected chi connectivity index (χ1v) is 10.9. The highest BCUT2D eigenvalue weighted by atomic mass is 32.2. The van der Waals surface area contributed by atoms with E-state index in [1.807, 2.05) is 0 Å². The first-order chi connectivity index (χ1) is 14.9. The number of halogens is 3. The number of thioether (sulfide) groups is 1. The summed E-state index contributed by atoms with van der Waals surface area (Å²) in [6.07, 6.45) is 0. The number of nitrogens with one attached hydrogen (secondary N) is 1. The molecule has 10 heteroatoms. The monoisotopic (exact) mass is 461 g/mol. The van der Waals surface area contributed by atoms with Crippen LogP contribution in [0, 0.1) is 17.5 Å². The SMILES string of the molecule is O=C(CSc1nc2ccsc2c(=O)n1Cc1ccc(F)cc1)Nc1ccc(F)cc1F. The van der Waals surface area contributed by atoms with Crippen LogP contribution in [0.5, 0.6) is 0 Å². The summed E-state index contributed by atoms with van der Waals surface area (Å²) in [4.78, 5) is 29.7. The van der Waals surface area contributed by atoms with Crippen LogP contribution >= 0.6 is 23.1 Å². The maximum Gasteiger partial charge on any atom is 0.272 e. The molecule has 2 heterocycles. The molecule has 0 fully saturated rings. The highest BCUT2D eigenvalue weighted by molar-refractivity contribution is 7.99. The van der Waals surface area contributed by atoms with Crippen LogP contribution in [0.15, 0.2) is 63.9 Å². The molecular formula is C21H14F3N3O2S2. The van der Waals surface area contributed by atoms with Crippen LogP contribution in [0.4, 0.5) is 18.9 Å². The fraction of sp³-hybridized carbons (Fsp3) is 0.0952. The Balaban J connectivity index is 1.57. The molecule has 0 unspecified atom stereocenters. The van der Waals surface area contributed by atoms with E-state index < -0.39 is 17.5 Å². The summed E-state index contributed by atoms with van der Waals surface area (Å²) in [7, 11) is 0. The van der Waals surface area contributed by atoms with Gasteiger partial charge in [0.2, 0.25) is 5.91 Å². The zero-order chi connectivity index (χ0) is 22.0. The van der Waals surface area contributed by atoms with Crippen molar-refractivity contribution in [2.45, 2.75) is 11.7 Å². The summed E-state index contributed by atoms with van der Waals surface area (Å²) in [6.45, 7) is 0.149. The predicted molar refractivity (Wildman–Crippen MR) is 115 cm³/mol. The Morgan fingerprint density at radius 2 is 1.81 bits per heavy atom. The highest BCUT2D eigenvalue weighted by Crippen LogP contribution is 2.22. The van der Waals surface area contributed by atoms with E-state index in [2.05, 4.69) is 10.3 Å². The quantitative estimate of drug-likeness (QED) is 0.335. The third-order valence-corrected chi connectivity index (χ3v) is 6.19. The van der Waals surface area contributed by atoms with E-state index in [1.165, 1.54) is 28.0 Å². The minimum Gasteiger partial charge on any atom is -0.323 e. The molecule has 0 aliphatic rings. The number of anilines is 1. The topological polar surface area (TPSA) is 64.0 Å². The van der Waals surface area contributed by atoms with E-state index >= 15 is 0 Å². The van der Waals surface area contributed by atoms with Gasteiger partial charge in [0, 0.05) is 6.07 Å². The first-order valence-electron chi connectivity index (χ1n) is 9.01. The second-order valence-corrected chi connectivity index (χ2v) is 8.37. The van der Waals surface area contributed by atoms with Crippen molar-refractivity contribution in [3.8, 4) is 0 Å². The van der Waals surface area contributed by atoms with Gasteiger partial charge in [0.15, 0.2) is 5.16 Å². The lowest BCUT2D eigenvalue weighted by Crippen LogP contribution is -2.24. The number of hydrogen-bond donors (Lipinski definition) is 1. The van der Waals surface area contributed by atoms with Crippen LogP contribution in [0.25, 0.3) is 10.2 Å². The van der Waals surface area contributed by atoms with Crippen molar-refractivity contribution < 1.29 is 18.0 Å². The van der Waals surface area contributed by atoms with Gasteiger partial charge >= 0.3 is 0 Å². The molecule has 0 aliphatic carbocycles. The number of aromatic nitrogens is 2. The molecule has 0 atom stereocenters. The van der Waals surface area contributed by atoms with Crippen molar-refractivity contribution in [1.82, 2.24) is 9.55 Å². The Hall–Kier alpha value is -3.11. The lowest BCUT2D eigenvalue weighted by molar-refractivity contribution is -0.113. The fourth-order valence-electron chi connectivity index (χ4n) is 2.85. The summed E-state index contributed by atoms with van der Waals surface area (Å²) in [5.41, 5.74) is 0.799. The van der Waals surface area contributed by atoms with Crippen molar-refractivity contribution in [3.05, 3.63) is 87.3 Å². The summed E-state index contributed by atoms with van der Waals surface area (Å²) >= 11 is 2.27. The number of carbonyl (C=O) groups is 1. The number of nitrogens with zero attached hydrogens (tertiary/aromatic N) is 2. The number of fused-ring (bicyclic) bond motifs is 1. The van der Waals surface area contributed by atoms with E-state index in [-0.39, 0.29) is 29.4 Å². The maximum atomic E-state index is 13.8. The standard InChI is InChI=1S/C21H14F3N3O2S2/c22-13-3-1-12(2-4-13)10-27-20(29)19-17(7-8-30-19)26-21(27)31-11-18(28)25-16-6-5-14(23)9-15(16)24/h1-9H,10-11H2,(H,25,28). The van der Waals surface area contributed by atoms with Gasteiger partial charge in [-0.25, -0.2) is 18.2 Å². The van der Waals surface area contributed by atoms with Gasteiger partial charge in [-0.05, 0) is 41.3 Å². The molecular weight excluding hydrogens is 447 g/mol. The Bertz CT molecular complexity index is 1320. The molecule has 1 amide bonds. The molecule has 158 valence electrons. The molecule has 1 N–H and O–H groups in total. The molecule has 0 saturated carbocycles. The maximum absolute atomic E-state index is 13.8. The molecule has 0 aliphatic heterocycles. The average molecular weight is 461 g/mol. The number of carbonyl (C=O) groups excluding carboxylic acids is 1. The molecule has 31 heavy (non-hydrogen) atoms. The molecule has 0 spiro atoms. The van der Waals surface area contributed by atoms with Crippen LogP contribution in [0.2, 0.25) is 0 Å². The Kier molecular flexibility index (Phi) is 6.10. The van der Waals surface area contributed by atoms with E-state index in [1.54, 1.807) is 23.6 Å². The van der Waals surface area contributed by atoms with Crippen LogP contribution in [-0.2, 0) is 11.3 Å². The number of benzene rings is 2. The molecule has 5 nitrogen and oxygen atoms in total. The van der Waals surface area contributed by atoms with E-state index in [9.17, 15) is 22.8 Å². The fourth-order valence-corrected chi connectivity index (χ4v) is 4.43. The van der Waals surface area contributed by atoms with Crippen LogP contribution in [0.3, 0.4) is 0 Å². The van der Waals surface area contributed by atoms with Crippen molar-refractivity contribution in [1.29, 1.82) is 0 Å². The zero-order valence-electron chi connectivity index (χ0n) is 15.8. The van der Waals surface area contributed by atoms with Gasteiger partial charge in [0.05, 0.1) is 23.5 Å². The third kappa shape index (κ3) is 4.80. The normalized spacial score (nSPS) is 11.1. The van der Waals surface area contributed by atoms with Crippen LogP contribution < -0.4 is 10.9 Å². The Morgan fingerprint density at radius 3 is 2.55 bits per heavy atom. The second kappa shape index (κ2) is 8.94. The van der Waals surface area contributed by atoms with Crippen molar-refractivity contribution in [3.63, 3.8) is 0 Å². The molecule has 4 rings (SSSR count). The van der Waals surface area contributed by atoms with Gasteiger partial charge < -0.3 is 5.32 Å². The van der Waals surface area contributed by atoms with Gasteiger partial charge in [0.1, 0.15) is 22.2 Å². The third-order valence-electron chi connectivity index (χ3n) is 4.32. The smallest absolute Gasteiger partial charge is 0.272 e. The zero-order valence-corrected chi connectivity index (χ0v) is 17.4. The highest BCUT2D eigenvalue weighted by Gasteiger charge is 2.15. The van der Waals surface area contributed by atoms with E-state index in [4.69, 9.17) is 0 Å². The van der Waals surface area contributed by atoms with Gasteiger partial charge in [-0.1, -0.05) is 23.9 Å². The van der Waals surface area contributed by atoms with Gasteiger partial charge in [-0.2, -0.15) is 0 Å². The average Bonchev–Trinajstić information content (AvgIpc) is 3.21. The molecule has 2 aromatic carbocycles. The minimum atomic E-state index is -0.885. The lowest BCUT2D eigenvalue weighted by atomic mass is 10.2. The molecule has 0 bridgehead atoms. The summed E-state index contributed by atoms with van der Waals surface area (Å²) < 4.78 is 41.9. The first kappa shape index (κ1) is 21.1. The number of amides is 1. The molecule has 0 radical (unpaired) electrons. The Morgan fingerprint density at radius 1 is 1.06 bits per heavy atom. The second-order valence-electron chi connectivity index (χ2n) is 6.51. The van der Waals surface area contributed by atoms with Crippen molar-refractivity contribution in [2.24, 2.45) is 0 Å². The molecule has 0 saturated heterocycles. The Labute approximate surface area is 182 Å². The number of rotatable bonds is 6. The lowest BCUT2D eigenvalue weighted by Gasteiger charge is -2.12. The van der Waals surface area contributed by atoms with Crippen molar-refractivity contribution >= 4 is 44.9 Å². The van der Waals surface area contributed by atoms with Crippen molar-refractivity contribution in [2.75, 3.05) is 11.1 Å². The molecule has 4 aromatic rings. The summed E-state index contributed by atoms with van der Waals surface area (Å²) in [6, 6.07) is 10.3. The van der Waals surface area contributed by atoms with Gasteiger partial charge in [-0.3, -0.25) is 14.2 Å². The van der Waals surface area contributed by atoms with Gasteiger partial charge in [0.25, 0.3) is 5.56 Å². The number of hydrogen-bond acceptors (Lipinski definition) is 5. The molecule has 2 aromatic heterocycles. The summed E-state index contributed by atoms with van der Waals surface area (Å²) in [5, 5.41) is 4.42. The minimum absolute atomic E-state index is 0.142. The number of thiophene rings is 1. The predicted octanol–water partition coefficient (Wildman–Crippen LogP) is 4.65.